The molecule has 1 aromatic carbocycles. The third kappa shape index (κ3) is 7.34. The fraction of sp³-hybridized carbons (Fsp3) is 0.611. The van der Waals surface area contributed by atoms with E-state index in [0.717, 1.165) is 19.5 Å². The van der Waals surface area contributed by atoms with Gasteiger partial charge in [0.15, 0.2) is 0 Å². The first-order valence-electron chi connectivity index (χ1n) is 8.30. The van der Waals surface area contributed by atoms with Crippen molar-refractivity contribution in [3.05, 3.63) is 35.9 Å². The zero-order chi connectivity index (χ0) is 16.5. The van der Waals surface area contributed by atoms with Crippen molar-refractivity contribution in [3.63, 3.8) is 0 Å². The zero-order valence-corrected chi connectivity index (χ0v) is 15.6. The zero-order valence-electron chi connectivity index (χ0n) is 14.8. The Labute approximate surface area is 147 Å². The highest BCUT2D eigenvalue weighted by Gasteiger charge is 2.21. The lowest BCUT2D eigenvalue weighted by Gasteiger charge is -2.30. The summed E-state index contributed by atoms with van der Waals surface area (Å²) in [6.07, 6.45) is 0.930. The second-order valence-corrected chi connectivity index (χ2v) is 6.08. The number of hydrogen-bond acceptors (Lipinski definition) is 3. The van der Waals surface area contributed by atoms with E-state index in [1.54, 1.807) is 0 Å². The number of nitrogens with one attached hydrogen (secondary N) is 1. The summed E-state index contributed by atoms with van der Waals surface area (Å²) in [5, 5.41) is 3.03. The predicted molar refractivity (Wildman–Crippen MR) is 99.9 cm³/mol. The molecule has 0 saturated carbocycles. The summed E-state index contributed by atoms with van der Waals surface area (Å²) in [5.41, 5.74) is 7.21. The Balaban J connectivity index is 0.00000484. The minimum absolute atomic E-state index is 0. The van der Waals surface area contributed by atoms with Gasteiger partial charge in [-0.25, -0.2) is 0 Å². The van der Waals surface area contributed by atoms with Gasteiger partial charge in [0.05, 0.1) is 6.04 Å². The third-order valence-electron chi connectivity index (χ3n) is 4.18. The normalized spacial score (nSPS) is 13.5. The molecule has 0 heterocycles. The second-order valence-electron chi connectivity index (χ2n) is 6.08. The molecule has 0 fully saturated rings. The molecule has 0 aliphatic carbocycles. The van der Waals surface area contributed by atoms with E-state index >= 15 is 0 Å². The van der Waals surface area contributed by atoms with E-state index in [0.29, 0.717) is 12.6 Å². The van der Waals surface area contributed by atoms with Crippen LogP contribution in [0.1, 0.15) is 33.3 Å². The summed E-state index contributed by atoms with van der Waals surface area (Å²) >= 11 is 0. The van der Waals surface area contributed by atoms with Crippen LogP contribution < -0.4 is 11.1 Å². The molecule has 132 valence electrons. The maximum Gasteiger partial charge on any atom is 0.237 e. The third-order valence-corrected chi connectivity index (χ3v) is 4.18. The van der Waals surface area contributed by atoms with Crippen molar-refractivity contribution < 1.29 is 4.79 Å². The molecule has 1 amide bonds. The van der Waals surface area contributed by atoms with Gasteiger partial charge in [-0.1, -0.05) is 58.0 Å². The minimum atomic E-state index is -0.436. The smallest absolute Gasteiger partial charge is 0.237 e. The number of hydrogen-bond donors (Lipinski definition) is 2. The van der Waals surface area contributed by atoms with Gasteiger partial charge >= 0.3 is 0 Å². The molecule has 4 nitrogen and oxygen atoms in total. The molecule has 5 heteroatoms. The van der Waals surface area contributed by atoms with Crippen molar-refractivity contribution >= 4 is 18.3 Å². The maximum absolute atomic E-state index is 12.1. The Bertz CT molecular complexity index is 435. The van der Waals surface area contributed by atoms with Crippen LogP contribution in [-0.4, -0.2) is 42.5 Å². The van der Waals surface area contributed by atoms with Gasteiger partial charge in [-0.15, -0.1) is 12.4 Å². The Morgan fingerprint density at radius 2 is 1.74 bits per heavy atom. The summed E-state index contributed by atoms with van der Waals surface area (Å²) < 4.78 is 0. The van der Waals surface area contributed by atoms with E-state index in [2.05, 4.69) is 48.3 Å². The molecule has 0 saturated heterocycles. The predicted octanol–water partition coefficient (Wildman–Crippen LogP) is 2.46. The minimum Gasteiger partial charge on any atom is -0.353 e. The quantitative estimate of drug-likeness (QED) is 0.725. The molecule has 1 aromatic rings. The molecular formula is C18H32ClN3O. The number of carbonyl (C=O) groups is 1. The Morgan fingerprint density at radius 1 is 1.17 bits per heavy atom. The van der Waals surface area contributed by atoms with Gasteiger partial charge in [-0.2, -0.15) is 0 Å². The van der Waals surface area contributed by atoms with Crippen molar-refractivity contribution in [1.29, 1.82) is 0 Å². The van der Waals surface area contributed by atoms with Gasteiger partial charge in [0.1, 0.15) is 0 Å². The van der Waals surface area contributed by atoms with Crippen LogP contribution in [0.3, 0.4) is 0 Å². The van der Waals surface area contributed by atoms with Crippen LogP contribution in [0.25, 0.3) is 0 Å². The monoisotopic (exact) mass is 341 g/mol. The van der Waals surface area contributed by atoms with E-state index < -0.39 is 6.04 Å². The van der Waals surface area contributed by atoms with Gasteiger partial charge in [-0.05, 0) is 31.0 Å². The van der Waals surface area contributed by atoms with Crippen LogP contribution in [0.15, 0.2) is 30.3 Å². The first-order valence-corrected chi connectivity index (χ1v) is 8.30. The highest BCUT2D eigenvalue weighted by Crippen LogP contribution is 2.09. The number of likely N-dealkylation sites (N-methyl/N-ethyl adjacent to an activating group) is 1. The lowest BCUT2D eigenvalue weighted by molar-refractivity contribution is -0.123. The number of nitrogens with two attached hydrogens (primary N) is 1. The van der Waals surface area contributed by atoms with Crippen molar-refractivity contribution in [2.45, 2.75) is 46.2 Å². The molecule has 2 atom stereocenters. The standard InChI is InChI=1S/C18H31N3O.ClH/c1-5-21(6-2)16(12-15-10-8-7-9-11-15)13-20-18(22)17(19)14(3)4;/h7-11,14,16-17H,5-6,12-13,19H2,1-4H3,(H,20,22);1H/t16?,17-;/m0./s1. The molecule has 23 heavy (non-hydrogen) atoms. The lowest BCUT2D eigenvalue weighted by atomic mass is 10.0. The summed E-state index contributed by atoms with van der Waals surface area (Å²) in [5.74, 6) is 0.0984. The highest BCUT2D eigenvalue weighted by atomic mass is 35.5. The topological polar surface area (TPSA) is 58.4 Å². The largest absolute Gasteiger partial charge is 0.353 e. The summed E-state index contributed by atoms with van der Waals surface area (Å²) in [6.45, 7) is 10.8. The Kier molecular flexibility index (Phi) is 10.9. The number of nitrogens with zero attached hydrogens (tertiary/aromatic N) is 1. The van der Waals surface area contributed by atoms with Crippen LogP contribution in [0.4, 0.5) is 0 Å². The first kappa shape index (κ1) is 21.9. The van der Waals surface area contributed by atoms with Gasteiger partial charge < -0.3 is 11.1 Å². The molecule has 1 rings (SSSR count). The van der Waals surface area contributed by atoms with Crippen LogP contribution in [0.2, 0.25) is 0 Å². The first-order chi connectivity index (χ1) is 10.5. The van der Waals surface area contributed by atoms with E-state index in [-0.39, 0.29) is 24.2 Å². The molecular weight excluding hydrogens is 310 g/mol. The summed E-state index contributed by atoms with van der Waals surface area (Å²) in [7, 11) is 0. The van der Waals surface area contributed by atoms with Gasteiger partial charge in [0, 0.05) is 12.6 Å². The fourth-order valence-corrected chi connectivity index (χ4v) is 2.60. The average Bonchev–Trinajstić information content (AvgIpc) is 2.53. The van der Waals surface area contributed by atoms with Crippen molar-refractivity contribution in [1.82, 2.24) is 10.2 Å². The number of halogens is 1. The van der Waals surface area contributed by atoms with Crippen molar-refractivity contribution in [2.24, 2.45) is 11.7 Å². The molecule has 0 aliphatic rings. The summed E-state index contributed by atoms with van der Waals surface area (Å²) in [6, 6.07) is 10.3. The van der Waals surface area contributed by atoms with E-state index in [4.69, 9.17) is 5.73 Å². The van der Waals surface area contributed by atoms with E-state index in [1.807, 2.05) is 19.9 Å². The van der Waals surface area contributed by atoms with E-state index in [9.17, 15) is 4.79 Å². The molecule has 0 bridgehead atoms. The van der Waals surface area contributed by atoms with Gasteiger partial charge in [0.2, 0.25) is 5.91 Å². The highest BCUT2D eigenvalue weighted by molar-refractivity contribution is 5.85. The van der Waals surface area contributed by atoms with Gasteiger partial charge in [-0.3, -0.25) is 9.69 Å². The van der Waals surface area contributed by atoms with E-state index in [1.165, 1.54) is 5.56 Å². The van der Waals surface area contributed by atoms with Crippen LogP contribution in [-0.2, 0) is 11.2 Å². The molecule has 0 aromatic heterocycles. The van der Waals surface area contributed by atoms with Crippen molar-refractivity contribution in [2.75, 3.05) is 19.6 Å². The molecule has 0 aliphatic heterocycles. The maximum atomic E-state index is 12.1. The Hall–Kier alpha value is -1.10. The Morgan fingerprint density at radius 3 is 2.22 bits per heavy atom. The lowest BCUT2D eigenvalue weighted by Crippen LogP contribution is -2.50. The van der Waals surface area contributed by atoms with Crippen LogP contribution in [0, 0.1) is 5.92 Å². The molecule has 0 radical (unpaired) electrons. The summed E-state index contributed by atoms with van der Waals surface area (Å²) in [4.78, 5) is 14.5. The number of benzene rings is 1. The van der Waals surface area contributed by atoms with Gasteiger partial charge in [0.25, 0.3) is 0 Å². The van der Waals surface area contributed by atoms with Crippen LogP contribution in [0.5, 0.6) is 0 Å². The second kappa shape index (κ2) is 11.4. The SMILES string of the molecule is CCN(CC)C(CNC(=O)[C@@H](N)C(C)C)Cc1ccccc1.Cl. The number of amides is 1. The number of carbonyl (C=O) groups excluding carboxylic acids is 1. The fourth-order valence-electron chi connectivity index (χ4n) is 2.60. The molecule has 3 N–H and O–H groups in total. The average molecular weight is 342 g/mol. The van der Waals surface area contributed by atoms with Crippen LogP contribution >= 0.6 is 12.4 Å². The molecule has 0 spiro atoms. The molecule has 1 unspecified atom stereocenters. The van der Waals surface area contributed by atoms with Crippen molar-refractivity contribution in [3.8, 4) is 0 Å². The number of rotatable bonds is 9.